The zero-order valence-electron chi connectivity index (χ0n) is 10.4. The van der Waals surface area contributed by atoms with Gasteiger partial charge in [0.05, 0.1) is 4.92 Å². The summed E-state index contributed by atoms with van der Waals surface area (Å²) < 4.78 is 0. The Bertz CT molecular complexity index is 474. The number of alkyl halides is 2. The normalized spacial score (nSPS) is 10.3. The van der Waals surface area contributed by atoms with Crippen molar-refractivity contribution in [2.24, 2.45) is 0 Å². The third-order valence-electron chi connectivity index (χ3n) is 2.66. The fourth-order valence-electron chi connectivity index (χ4n) is 1.64. The molecule has 0 saturated heterocycles. The van der Waals surface area contributed by atoms with Crippen LogP contribution < -0.4 is 0 Å². The van der Waals surface area contributed by atoms with Gasteiger partial charge in [0.15, 0.2) is 0 Å². The molecule has 0 aliphatic carbocycles. The molecular formula is C12H14Cl2N2O3. The summed E-state index contributed by atoms with van der Waals surface area (Å²) in [5.41, 5.74) is 0.889. The van der Waals surface area contributed by atoms with E-state index in [0.717, 1.165) is 0 Å². The molecule has 104 valence electrons. The Kier molecular flexibility index (Phi) is 6.05. The SMILES string of the molecule is Cc1ccc([N+](=O)[O-])cc1C(=O)N(CCCl)CCCl. The van der Waals surface area contributed by atoms with Crippen LogP contribution >= 0.6 is 23.2 Å². The summed E-state index contributed by atoms with van der Waals surface area (Å²) in [5.74, 6) is 0.287. The number of carbonyl (C=O) groups excluding carboxylic acids is 1. The zero-order chi connectivity index (χ0) is 14.4. The van der Waals surface area contributed by atoms with E-state index in [4.69, 9.17) is 23.2 Å². The molecule has 0 atom stereocenters. The van der Waals surface area contributed by atoms with Crippen molar-refractivity contribution < 1.29 is 9.72 Å². The van der Waals surface area contributed by atoms with Crippen LogP contribution in [0.5, 0.6) is 0 Å². The van der Waals surface area contributed by atoms with E-state index in [1.807, 2.05) is 0 Å². The minimum Gasteiger partial charge on any atom is -0.336 e. The van der Waals surface area contributed by atoms with E-state index in [9.17, 15) is 14.9 Å². The third kappa shape index (κ3) is 4.08. The maximum absolute atomic E-state index is 12.3. The second-order valence-electron chi connectivity index (χ2n) is 3.93. The second-order valence-corrected chi connectivity index (χ2v) is 4.68. The molecule has 1 aromatic rings. The molecule has 0 spiro atoms. The van der Waals surface area contributed by atoms with Crippen molar-refractivity contribution in [1.29, 1.82) is 0 Å². The highest BCUT2D eigenvalue weighted by atomic mass is 35.5. The molecule has 0 saturated carbocycles. The van der Waals surface area contributed by atoms with Gasteiger partial charge in [0.1, 0.15) is 0 Å². The number of hydrogen-bond acceptors (Lipinski definition) is 3. The maximum Gasteiger partial charge on any atom is 0.270 e. The smallest absolute Gasteiger partial charge is 0.270 e. The molecule has 0 bridgehead atoms. The number of nitro groups is 1. The molecule has 0 radical (unpaired) electrons. The molecule has 19 heavy (non-hydrogen) atoms. The van der Waals surface area contributed by atoms with Gasteiger partial charge < -0.3 is 4.90 Å². The first-order chi connectivity index (χ1) is 9.01. The standard InChI is InChI=1S/C12H14Cl2N2O3/c1-9-2-3-10(16(18)19)8-11(9)12(17)15(6-4-13)7-5-14/h2-3,8H,4-7H2,1H3. The summed E-state index contributed by atoms with van der Waals surface area (Å²) in [4.78, 5) is 24.0. The fourth-order valence-corrected chi connectivity index (χ4v) is 2.05. The van der Waals surface area contributed by atoms with Gasteiger partial charge in [-0.2, -0.15) is 0 Å². The Hall–Kier alpha value is -1.33. The van der Waals surface area contributed by atoms with Crippen molar-refractivity contribution in [1.82, 2.24) is 4.90 Å². The first kappa shape index (κ1) is 15.7. The van der Waals surface area contributed by atoms with E-state index in [-0.39, 0.29) is 23.4 Å². The molecule has 1 aromatic carbocycles. The molecule has 0 aliphatic heterocycles. The van der Waals surface area contributed by atoms with Crippen LogP contribution in [0, 0.1) is 17.0 Å². The van der Waals surface area contributed by atoms with Crippen LogP contribution in [0.1, 0.15) is 15.9 Å². The first-order valence-electron chi connectivity index (χ1n) is 5.67. The van der Waals surface area contributed by atoms with E-state index in [1.54, 1.807) is 13.0 Å². The van der Waals surface area contributed by atoms with Crippen LogP contribution in [0.15, 0.2) is 18.2 Å². The van der Waals surface area contributed by atoms with Gasteiger partial charge >= 0.3 is 0 Å². The number of carbonyl (C=O) groups is 1. The van der Waals surface area contributed by atoms with Crippen LogP contribution in [0.3, 0.4) is 0 Å². The minimum atomic E-state index is -0.524. The Balaban J connectivity index is 3.08. The van der Waals surface area contributed by atoms with E-state index in [2.05, 4.69) is 0 Å². The largest absolute Gasteiger partial charge is 0.336 e. The number of aryl methyl sites for hydroxylation is 1. The van der Waals surface area contributed by atoms with Crippen LogP contribution in [-0.2, 0) is 0 Å². The van der Waals surface area contributed by atoms with Gasteiger partial charge in [-0.25, -0.2) is 0 Å². The average Bonchev–Trinajstić information content (AvgIpc) is 2.38. The van der Waals surface area contributed by atoms with Crippen molar-refractivity contribution in [3.05, 3.63) is 39.4 Å². The Morgan fingerprint density at radius 3 is 2.37 bits per heavy atom. The number of nitrogens with zero attached hydrogens (tertiary/aromatic N) is 2. The van der Waals surface area contributed by atoms with Gasteiger partial charge in [-0.15, -0.1) is 23.2 Å². The lowest BCUT2D eigenvalue weighted by atomic mass is 10.1. The lowest BCUT2D eigenvalue weighted by Crippen LogP contribution is -2.34. The van der Waals surface area contributed by atoms with Gasteiger partial charge in [-0.05, 0) is 12.5 Å². The van der Waals surface area contributed by atoms with Crippen LogP contribution in [0.2, 0.25) is 0 Å². The third-order valence-corrected chi connectivity index (χ3v) is 3.00. The number of hydrogen-bond donors (Lipinski definition) is 0. The number of rotatable bonds is 6. The molecular weight excluding hydrogens is 291 g/mol. The topological polar surface area (TPSA) is 63.5 Å². The molecule has 0 heterocycles. The summed E-state index contributed by atoms with van der Waals surface area (Å²) in [5, 5.41) is 10.7. The highest BCUT2D eigenvalue weighted by Crippen LogP contribution is 2.19. The molecule has 0 fully saturated rings. The van der Waals surface area contributed by atoms with Crippen molar-refractivity contribution in [2.75, 3.05) is 24.8 Å². The summed E-state index contributed by atoms with van der Waals surface area (Å²) >= 11 is 11.3. The molecule has 5 nitrogen and oxygen atoms in total. The quantitative estimate of drug-likeness (QED) is 0.461. The average molecular weight is 305 g/mol. The van der Waals surface area contributed by atoms with Crippen molar-refractivity contribution >= 4 is 34.8 Å². The first-order valence-corrected chi connectivity index (χ1v) is 6.74. The Morgan fingerprint density at radius 2 is 1.89 bits per heavy atom. The summed E-state index contributed by atoms with van der Waals surface area (Å²) in [6, 6.07) is 4.22. The van der Waals surface area contributed by atoms with Crippen molar-refractivity contribution in [3.63, 3.8) is 0 Å². The summed E-state index contributed by atoms with van der Waals surface area (Å²) in [6.07, 6.45) is 0. The maximum atomic E-state index is 12.3. The molecule has 0 N–H and O–H groups in total. The van der Waals surface area contributed by atoms with Crippen LogP contribution in [0.25, 0.3) is 0 Å². The lowest BCUT2D eigenvalue weighted by molar-refractivity contribution is -0.384. The molecule has 7 heteroatoms. The number of halogens is 2. The predicted molar refractivity (Wildman–Crippen MR) is 75.2 cm³/mol. The lowest BCUT2D eigenvalue weighted by Gasteiger charge is -2.21. The predicted octanol–water partition coefficient (Wildman–Crippen LogP) is 2.82. The van der Waals surface area contributed by atoms with Crippen LogP contribution in [-0.4, -0.2) is 40.6 Å². The van der Waals surface area contributed by atoms with Gasteiger partial charge in [0.25, 0.3) is 11.6 Å². The number of amides is 1. The highest BCUT2D eigenvalue weighted by Gasteiger charge is 2.19. The van der Waals surface area contributed by atoms with Crippen LogP contribution in [0.4, 0.5) is 5.69 Å². The summed E-state index contributed by atoms with van der Waals surface area (Å²) in [6.45, 7) is 2.45. The Labute approximate surface area is 121 Å². The minimum absolute atomic E-state index is 0.106. The molecule has 0 unspecified atom stereocenters. The monoisotopic (exact) mass is 304 g/mol. The zero-order valence-corrected chi connectivity index (χ0v) is 11.9. The Morgan fingerprint density at radius 1 is 1.32 bits per heavy atom. The van der Waals surface area contributed by atoms with Crippen molar-refractivity contribution in [3.8, 4) is 0 Å². The molecule has 1 amide bonds. The van der Waals surface area contributed by atoms with E-state index >= 15 is 0 Å². The van der Waals surface area contributed by atoms with Gasteiger partial charge in [0, 0.05) is 42.5 Å². The fraction of sp³-hybridized carbons (Fsp3) is 0.417. The molecule has 0 aliphatic rings. The van der Waals surface area contributed by atoms with Gasteiger partial charge in [-0.1, -0.05) is 6.07 Å². The van der Waals surface area contributed by atoms with E-state index in [0.29, 0.717) is 24.2 Å². The highest BCUT2D eigenvalue weighted by molar-refractivity contribution is 6.18. The number of benzene rings is 1. The summed E-state index contributed by atoms with van der Waals surface area (Å²) in [7, 11) is 0. The van der Waals surface area contributed by atoms with Gasteiger partial charge in [-0.3, -0.25) is 14.9 Å². The number of nitro benzene ring substituents is 1. The van der Waals surface area contributed by atoms with E-state index < -0.39 is 4.92 Å². The molecule has 0 aromatic heterocycles. The van der Waals surface area contributed by atoms with E-state index in [1.165, 1.54) is 17.0 Å². The second kappa shape index (κ2) is 7.31. The molecule has 1 rings (SSSR count). The van der Waals surface area contributed by atoms with Crippen molar-refractivity contribution in [2.45, 2.75) is 6.92 Å². The van der Waals surface area contributed by atoms with Gasteiger partial charge in [0.2, 0.25) is 0 Å². The number of non-ortho nitro benzene ring substituents is 1.